The molecule has 1 saturated heterocycles. The van der Waals surface area contributed by atoms with E-state index in [4.69, 9.17) is 34.6 Å². The Morgan fingerprint density at radius 1 is 0.761 bits per heavy atom. The number of amides is 8. The molecule has 2 aromatic carbocycles. The van der Waals surface area contributed by atoms with Crippen molar-refractivity contribution in [3.05, 3.63) is 65.0 Å². The van der Waals surface area contributed by atoms with Gasteiger partial charge in [-0.25, -0.2) is 9.97 Å². The van der Waals surface area contributed by atoms with Gasteiger partial charge in [0.2, 0.25) is 41.4 Å². The minimum absolute atomic E-state index is 0.000984. The topological polar surface area (TPSA) is 307 Å². The van der Waals surface area contributed by atoms with Crippen LogP contribution >= 0.6 is 0 Å². The molecule has 8 N–H and O–H groups in total. The van der Waals surface area contributed by atoms with Crippen LogP contribution in [-0.4, -0.2) is 209 Å². The molecule has 0 saturated carbocycles. The largest absolute Gasteiger partial charge is 0.379 e. The zero-order chi connectivity index (χ0) is 68.0. The molecule has 1 aromatic heterocycles. The highest BCUT2D eigenvalue weighted by Gasteiger charge is 2.43. The lowest BCUT2D eigenvalue weighted by Gasteiger charge is -2.39. The van der Waals surface area contributed by atoms with Gasteiger partial charge in [0, 0.05) is 64.6 Å². The number of nitrogens with two attached hydrogens (primary N) is 1. The van der Waals surface area contributed by atoms with Gasteiger partial charge in [0.05, 0.1) is 105 Å². The molecule has 1 aliphatic heterocycles. The zero-order valence-electron chi connectivity index (χ0n) is 57.4. The highest BCUT2D eigenvalue weighted by molar-refractivity contribution is 5.98. The van der Waals surface area contributed by atoms with E-state index in [1.54, 1.807) is 61.9 Å². The predicted octanol–water partition coefficient (Wildman–Crippen LogP) is 4.44. The zero-order valence-corrected chi connectivity index (χ0v) is 57.4. The van der Waals surface area contributed by atoms with Crippen molar-refractivity contribution in [3.63, 3.8) is 0 Å². The van der Waals surface area contributed by atoms with Crippen molar-refractivity contribution >= 4 is 64.0 Å². The molecule has 0 bridgehead atoms. The Bertz CT molecular complexity index is 2920. The van der Waals surface area contributed by atoms with E-state index in [0.717, 1.165) is 41.7 Å². The van der Waals surface area contributed by atoms with Crippen LogP contribution in [0.4, 0.5) is 5.69 Å². The van der Waals surface area contributed by atoms with Gasteiger partial charge in [-0.3, -0.25) is 43.3 Å². The molecule has 1 fully saturated rings. The number of likely N-dealkylation sites (N-methyl/N-ethyl adjacent to an activating group) is 2. The molecule has 5 rings (SSSR count). The number of likely N-dealkylation sites (tertiary alicyclic amines) is 1. The van der Waals surface area contributed by atoms with Crippen molar-refractivity contribution in [2.75, 3.05) is 99.8 Å². The van der Waals surface area contributed by atoms with Crippen LogP contribution in [0.15, 0.2) is 42.5 Å². The van der Waals surface area contributed by atoms with Crippen LogP contribution in [0.3, 0.4) is 0 Å². The maximum atomic E-state index is 14.3. The lowest BCUT2D eigenvalue weighted by Crippen LogP contribution is -2.55. The predicted molar refractivity (Wildman–Crippen MR) is 354 cm³/mol. The van der Waals surface area contributed by atoms with Crippen LogP contribution in [0.1, 0.15) is 135 Å². The monoisotopic (exact) mass is 1280 g/mol. The smallest absolute Gasteiger partial charge is 0.251 e. The van der Waals surface area contributed by atoms with Crippen LogP contribution in [0.2, 0.25) is 0 Å². The SMILES string of the molecule is CCC1Cc2nc3cc(C(=O)NCCOCCOCCC(=O)NC(C(=O)NCC(=O)Nc4ccc(C[C@@H](CN)NC(=O)[C@H](C)[C@@H](OC)[C@@H]5CCCN5C(=O)C[C@@H](OC)[C@H]([C@@H](C)CC)N(C)C(=O)CNC(=O)C(C(C)C)N(C)C)cc4)C(C)C)ccc3nc2CC1(C)C. The first kappa shape index (κ1) is 76.0. The summed E-state index contributed by atoms with van der Waals surface area (Å²) in [5.74, 6) is -3.05. The highest BCUT2D eigenvalue weighted by Crippen LogP contribution is 2.40. The van der Waals surface area contributed by atoms with E-state index in [0.29, 0.717) is 54.9 Å². The first-order valence-corrected chi connectivity index (χ1v) is 32.9. The van der Waals surface area contributed by atoms with Crippen LogP contribution in [0.25, 0.3) is 11.0 Å². The van der Waals surface area contributed by atoms with Crippen LogP contribution in [0, 0.1) is 35.0 Å². The minimum atomic E-state index is -0.899. The standard InChI is InChI=1S/C68H108N12O12/c1-16-43(7)62(79(13)59(84)40-72-67(88)61(42(5)6)78(11)12)55(89-14)36-58(83)80-28-18-19-54(80)63(90-15)44(8)64(85)74-49(38-69)33-45-20-23-48(24-21-45)73-57(82)39-71-66(87)60(41(3)4)77-56(81)26-29-91-31-32-92-30-27-70-65(86)46-22-25-50-51(34-46)76-52-35-47(17-2)68(9,10)37-53(52)75-50/h20-25,34,41-44,47,49,54-55,60-63H,16-19,26-33,35-40,69H2,1-15H3,(H,70,86)(H,71,87)(H,72,88)(H,73,82)(H,74,85)(H,77,81)/t43-,44+,47?,49-,54-,55+,60?,61?,62-,63+/m0/s1. The molecule has 92 heavy (non-hydrogen) atoms. The van der Waals surface area contributed by atoms with E-state index in [-0.39, 0.29) is 118 Å². The van der Waals surface area contributed by atoms with Gasteiger partial charge < -0.3 is 66.4 Å². The number of hydrogen-bond donors (Lipinski definition) is 7. The number of rotatable bonds is 37. The number of anilines is 1. The summed E-state index contributed by atoms with van der Waals surface area (Å²) in [6.45, 7) is 21.3. The fraction of sp³-hybridized carbons (Fsp3) is 0.676. The number of ether oxygens (including phenoxy) is 4. The minimum Gasteiger partial charge on any atom is -0.379 e. The number of nitrogens with one attached hydrogen (secondary N) is 6. The van der Waals surface area contributed by atoms with E-state index < -0.39 is 66.1 Å². The summed E-state index contributed by atoms with van der Waals surface area (Å²) in [7, 11) is 8.41. The number of carbonyl (C=O) groups excluding carboxylic acids is 8. The van der Waals surface area contributed by atoms with Crippen molar-refractivity contribution < 1.29 is 57.3 Å². The summed E-state index contributed by atoms with van der Waals surface area (Å²) < 4.78 is 23.2. The average Bonchev–Trinajstić information content (AvgIpc) is 0.865. The Morgan fingerprint density at radius 2 is 1.43 bits per heavy atom. The van der Waals surface area contributed by atoms with Crippen molar-refractivity contribution in [1.82, 2.24) is 51.3 Å². The number of fused-ring (bicyclic) bond motifs is 2. The highest BCUT2D eigenvalue weighted by atomic mass is 16.5. The number of benzene rings is 2. The molecule has 1 aliphatic carbocycles. The summed E-state index contributed by atoms with van der Waals surface area (Å²) in [5.41, 5.74) is 11.7. The Labute approximate surface area is 545 Å². The normalized spacial score (nSPS) is 18.0. The van der Waals surface area contributed by atoms with E-state index >= 15 is 0 Å². The summed E-state index contributed by atoms with van der Waals surface area (Å²) >= 11 is 0. The van der Waals surface area contributed by atoms with Crippen LogP contribution in [0.5, 0.6) is 0 Å². The van der Waals surface area contributed by atoms with Crippen molar-refractivity contribution in [1.29, 1.82) is 0 Å². The Kier molecular flexibility index (Phi) is 30.3. The molecule has 0 radical (unpaired) electrons. The van der Waals surface area contributed by atoms with Gasteiger partial charge in [-0.15, -0.1) is 0 Å². The molecule has 10 atom stereocenters. The van der Waals surface area contributed by atoms with Gasteiger partial charge in [0.15, 0.2) is 0 Å². The first-order valence-electron chi connectivity index (χ1n) is 32.9. The number of aromatic nitrogens is 2. The van der Waals surface area contributed by atoms with E-state index in [1.165, 1.54) is 14.2 Å². The summed E-state index contributed by atoms with van der Waals surface area (Å²) in [6, 6.07) is 9.81. The van der Waals surface area contributed by atoms with Crippen molar-refractivity contribution in [3.8, 4) is 0 Å². The Hall–Kier alpha value is -6.70. The van der Waals surface area contributed by atoms with Gasteiger partial charge in [0.1, 0.15) is 6.04 Å². The molecular formula is C68H108N12O12. The molecule has 8 amide bonds. The van der Waals surface area contributed by atoms with Gasteiger partial charge in [-0.2, -0.15) is 0 Å². The molecule has 512 valence electrons. The first-order chi connectivity index (χ1) is 43.7. The second kappa shape index (κ2) is 36.7. The summed E-state index contributed by atoms with van der Waals surface area (Å²) in [5, 5.41) is 16.9. The van der Waals surface area contributed by atoms with Crippen LogP contribution in [-0.2, 0) is 71.8 Å². The van der Waals surface area contributed by atoms with Gasteiger partial charge >= 0.3 is 0 Å². The van der Waals surface area contributed by atoms with Gasteiger partial charge in [-0.05, 0) is 111 Å². The second-order valence-electron chi connectivity index (χ2n) is 26.4. The number of hydrogen-bond acceptors (Lipinski definition) is 16. The van der Waals surface area contributed by atoms with Crippen molar-refractivity contribution in [2.24, 2.45) is 40.7 Å². The molecule has 2 aliphatic rings. The fourth-order valence-electron chi connectivity index (χ4n) is 12.8. The molecule has 3 unspecified atom stereocenters. The fourth-order valence-corrected chi connectivity index (χ4v) is 12.8. The number of carbonyl (C=O) groups is 8. The van der Waals surface area contributed by atoms with Gasteiger partial charge in [0.25, 0.3) is 5.91 Å². The Morgan fingerprint density at radius 3 is 2.05 bits per heavy atom. The molecule has 24 nitrogen and oxygen atoms in total. The van der Waals surface area contributed by atoms with E-state index in [2.05, 4.69) is 52.7 Å². The Balaban J connectivity index is 0.996. The molecular weight excluding hydrogens is 1180 g/mol. The lowest BCUT2D eigenvalue weighted by atomic mass is 9.68. The average molecular weight is 1290 g/mol. The number of methoxy groups -OCH3 is 2. The third kappa shape index (κ3) is 21.7. The molecule has 24 heteroatoms. The van der Waals surface area contributed by atoms with E-state index in [1.807, 2.05) is 64.9 Å². The third-order valence-corrected chi connectivity index (χ3v) is 18.3. The molecule has 2 heterocycles. The quantitative estimate of drug-likeness (QED) is 0.0393. The third-order valence-electron chi connectivity index (χ3n) is 18.3. The summed E-state index contributed by atoms with van der Waals surface area (Å²) in [6.07, 6.45) is 3.96. The van der Waals surface area contributed by atoms with Gasteiger partial charge in [-0.1, -0.05) is 94.2 Å². The maximum Gasteiger partial charge on any atom is 0.251 e. The van der Waals surface area contributed by atoms with Crippen LogP contribution < -0.4 is 37.6 Å². The maximum absolute atomic E-state index is 14.3. The number of nitrogens with zero attached hydrogens (tertiary/aromatic N) is 5. The van der Waals surface area contributed by atoms with Crippen molar-refractivity contribution in [2.45, 2.75) is 169 Å². The lowest BCUT2D eigenvalue weighted by molar-refractivity contribution is -0.146. The molecule has 3 aromatic rings. The second-order valence-corrected chi connectivity index (χ2v) is 26.4. The molecule has 0 spiro atoms. The summed E-state index contributed by atoms with van der Waals surface area (Å²) in [4.78, 5) is 122. The van der Waals surface area contributed by atoms with E-state index in [9.17, 15) is 38.4 Å².